The van der Waals surface area contributed by atoms with Crippen LogP contribution in [0.25, 0.3) is 0 Å². The lowest BCUT2D eigenvalue weighted by molar-refractivity contribution is -0.139. The third-order valence-corrected chi connectivity index (χ3v) is 2.53. The maximum absolute atomic E-state index is 11.5. The fourth-order valence-corrected chi connectivity index (χ4v) is 1.49. The van der Waals surface area contributed by atoms with Gasteiger partial charge in [0.05, 0.1) is 0 Å². The van der Waals surface area contributed by atoms with Gasteiger partial charge in [-0.3, -0.25) is 10.1 Å². The van der Waals surface area contributed by atoms with E-state index >= 15 is 0 Å². The van der Waals surface area contributed by atoms with E-state index in [9.17, 15) is 9.59 Å². The predicted octanol–water partition coefficient (Wildman–Crippen LogP) is 1.74. The summed E-state index contributed by atoms with van der Waals surface area (Å²) in [6.45, 7) is 9.46. The molecule has 2 atom stereocenters. The van der Waals surface area contributed by atoms with E-state index in [1.54, 1.807) is 27.7 Å². The molecular weight excluding hydrogens is 248 g/mol. The van der Waals surface area contributed by atoms with E-state index in [0.29, 0.717) is 13.0 Å². The Morgan fingerprint density at radius 3 is 2.16 bits per heavy atom. The summed E-state index contributed by atoms with van der Waals surface area (Å²) in [5.74, 6) is -0.877. The molecule has 6 heteroatoms. The Morgan fingerprint density at radius 1 is 1.21 bits per heavy atom. The smallest absolute Gasteiger partial charge is 0.407 e. The summed E-state index contributed by atoms with van der Waals surface area (Å²) in [6, 6.07) is -0.682. The van der Waals surface area contributed by atoms with E-state index in [4.69, 9.17) is 9.84 Å². The summed E-state index contributed by atoms with van der Waals surface area (Å²) in [6.07, 6.45) is 0.730. The highest BCUT2D eigenvalue weighted by molar-refractivity contribution is 5.73. The Hall–Kier alpha value is -1.30. The van der Waals surface area contributed by atoms with Crippen molar-refractivity contribution in [3.8, 4) is 0 Å². The fourth-order valence-electron chi connectivity index (χ4n) is 1.49. The molecule has 0 aliphatic heterocycles. The van der Waals surface area contributed by atoms with Gasteiger partial charge in [-0.1, -0.05) is 13.8 Å². The zero-order valence-electron chi connectivity index (χ0n) is 12.4. The van der Waals surface area contributed by atoms with Crippen LogP contribution in [-0.4, -0.2) is 41.4 Å². The van der Waals surface area contributed by atoms with Gasteiger partial charge in [-0.05, 0) is 33.6 Å². The number of aliphatic carboxylic acids is 1. The molecule has 0 radical (unpaired) electrons. The molecule has 0 heterocycles. The van der Waals surface area contributed by atoms with Crippen LogP contribution in [0.15, 0.2) is 0 Å². The van der Waals surface area contributed by atoms with Crippen LogP contribution in [0.4, 0.5) is 4.79 Å². The molecular formula is C13H26N2O4. The highest BCUT2D eigenvalue weighted by atomic mass is 16.6. The summed E-state index contributed by atoms with van der Waals surface area (Å²) >= 11 is 0. The maximum atomic E-state index is 11.5. The topological polar surface area (TPSA) is 87.7 Å². The van der Waals surface area contributed by atoms with Gasteiger partial charge in [0.25, 0.3) is 0 Å². The molecule has 0 aliphatic rings. The molecule has 0 spiro atoms. The van der Waals surface area contributed by atoms with Gasteiger partial charge in [-0.2, -0.15) is 0 Å². The number of ether oxygens (including phenoxy) is 1. The van der Waals surface area contributed by atoms with Crippen molar-refractivity contribution in [2.75, 3.05) is 6.54 Å². The number of carbonyl (C=O) groups excluding carboxylic acids is 1. The first kappa shape index (κ1) is 17.7. The minimum absolute atomic E-state index is 0.0893. The summed E-state index contributed by atoms with van der Waals surface area (Å²) < 4.78 is 5.12. The van der Waals surface area contributed by atoms with E-state index in [1.165, 1.54) is 0 Å². The van der Waals surface area contributed by atoms with Crippen LogP contribution in [0.1, 0.15) is 47.5 Å². The molecule has 3 N–H and O–H groups in total. The van der Waals surface area contributed by atoms with Crippen molar-refractivity contribution in [2.24, 2.45) is 0 Å². The Bertz CT molecular complexity index is 300. The predicted molar refractivity (Wildman–Crippen MR) is 73.2 cm³/mol. The Labute approximate surface area is 114 Å². The van der Waals surface area contributed by atoms with Crippen molar-refractivity contribution < 1.29 is 19.4 Å². The molecule has 0 saturated carbocycles. The molecule has 0 bridgehead atoms. The lowest BCUT2D eigenvalue weighted by atomic mass is 10.1. The molecule has 0 aromatic carbocycles. The molecule has 19 heavy (non-hydrogen) atoms. The first-order valence-corrected chi connectivity index (χ1v) is 6.65. The lowest BCUT2D eigenvalue weighted by Crippen LogP contribution is -2.48. The van der Waals surface area contributed by atoms with Crippen LogP contribution in [0, 0.1) is 0 Å². The van der Waals surface area contributed by atoms with E-state index in [1.807, 2.05) is 6.92 Å². The molecule has 0 aliphatic carbocycles. The third kappa shape index (κ3) is 8.42. The van der Waals surface area contributed by atoms with Crippen LogP contribution >= 0.6 is 0 Å². The molecule has 0 aromatic rings. The number of carboxylic acid groups (broad SMARTS) is 1. The van der Waals surface area contributed by atoms with Crippen molar-refractivity contribution in [1.82, 2.24) is 10.6 Å². The molecule has 0 aromatic heterocycles. The van der Waals surface area contributed by atoms with Gasteiger partial charge >= 0.3 is 12.1 Å². The quantitative estimate of drug-likeness (QED) is 0.658. The zero-order valence-corrected chi connectivity index (χ0v) is 12.4. The van der Waals surface area contributed by atoms with E-state index in [-0.39, 0.29) is 6.04 Å². The van der Waals surface area contributed by atoms with Crippen molar-refractivity contribution in [2.45, 2.75) is 65.1 Å². The highest BCUT2D eigenvalue weighted by Gasteiger charge is 2.20. The van der Waals surface area contributed by atoms with Crippen molar-refractivity contribution in [3.05, 3.63) is 0 Å². The zero-order chi connectivity index (χ0) is 15.1. The lowest BCUT2D eigenvalue weighted by Gasteiger charge is -2.24. The van der Waals surface area contributed by atoms with Gasteiger partial charge in [0, 0.05) is 12.6 Å². The molecule has 0 fully saturated rings. The number of carbonyl (C=O) groups is 2. The highest BCUT2D eigenvalue weighted by Crippen LogP contribution is 2.06. The van der Waals surface area contributed by atoms with Crippen LogP contribution in [0.3, 0.4) is 0 Å². The van der Waals surface area contributed by atoms with E-state index in [0.717, 1.165) is 6.42 Å². The molecule has 6 nitrogen and oxygen atoms in total. The van der Waals surface area contributed by atoms with Gasteiger partial charge in [-0.25, -0.2) is 4.79 Å². The van der Waals surface area contributed by atoms with Gasteiger partial charge in [0.2, 0.25) is 0 Å². The second kappa shape index (κ2) is 7.99. The summed E-state index contributed by atoms with van der Waals surface area (Å²) in [7, 11) is 0. The Kier molecular flexibility index (Phi) is 7.44. The number of hydrogen-bond acceptors (Lipinski definition) is 4. The van der Waals surface area contributed by atoms with Crippen molar-refractivity contribution >= 4 is 12.1 Å². The summed E-state index contributed by atoms with van der Waals surface area (Å²) in [5, 5.41) is 14.6. The first-order valence-electron chi connectivity index (χ1n) is 6.65. The van der Waals surface area contributed by atoms with Crippen LogP contribution in [0.2, 0.25) is 0 Å². The van der Waals surface area contributed by atoms with Gasteiger partial charge in [0.1, 0.15) is 11.6 Å². The number of rotatable bonds is 7. The molecule has 0 saturated heterocycles. The number of nitrogens with one attached hydrogen (secondary N) is 2. The maximum Gasteiger partial charge on any atom is 0.407 e. The SMILES string of the molecule is CCC(CNC(=O)OC(C)(C)C)NC(CC)C(=O)O. The number of carboxylic acids is 1. The average Bonchev–Trinajstić information content (AvgIpc) is 2.26. The first-order chi connectivity index (χ1) is 8.69. The van der Waals surface area contributed by atoms with Gasteiger partial charge < -0.3 is 15.2 Å². The number of alkyl carbamates (subject to hydrolysis) is 1. The Morgan fingerprint density at radius 2 is 1.79 bits per heavy atom. The van der Waals surface area contributed by atoms with Gasteiger partial charge in [-0.15, -0.1) is 0 Å². The Balaban J connectivity index is 4.20. The van der Waals surface area contributed by atoms with Crippen LogP contribution in [-0.2, 0) is 9.53 Å². The average molecular weight is 274 g/mol. The van der Waals surface area contributed by atoms with Gasteiger partial charge in [0.15, 0.2) is 0 Å². The van der Waals surface area contributed by atoms with Crippen molar-refractivity contribution in [3.63, 3.8) is 0 Å². The number of hydrogen-bond donors (Lipinski definition) is 3. The standard InChI is InChI=1S/C13H26N2O4/c1-6-9(15-10(7-2)11(16)17)8-14-12(18)19-13(3,4)5/h9-10,15H,6-8H2,1-5H3,(H,14,18)(H,16,17). The summed E-state index contributed by atoms with van der Waals surface area (Å²) in [4.78, 5) is 22.4. The van der Waals surface area contributed by atoms with E-state index in [2.05, 4.69) is 10.6 Å². The van der Waals surface area contributed by atoms with Crippen LogP contribution in [0.5, 0.6) is 0 Å². The second-order valence-corrected chi connectivity index (χ2v) is 5.45. The monoisotopic (exact) mass is 274 g/mol. The van der Waals surface area contributed by atoms with E-state index < -0.39 is 23.7 Å². The fraction of sp³-hybridized carbons (Fsp3) is 0.846. The normalized spacial score (nSPS) is 14.6. The summed E-state index contributed by atoms with van der Waals surface area (Å²) in [5.41, 5.74) is -0.535. The minimum Gasteiger partial charge on any atom is -0.480 e. The second-order valence-electron chi connectivity index (χ2n) is 5.45. The molecule has 2 unspecified atom stereocenters. The molecule has 0 rings (SSSR count). The number of amides is 1. The van der Waals surface area contributed by atoms with Crippen LogP contribution < -0.4 is 10.6 Å². The van der Waals surface area contributed by atoms with Crippen molar-refractivity contribution in [1.29, 1.82) is 0 Å². The largest absolute Gasteiger partial charge is 0.480 e. The minimum atomic E-state index is -0.877. The molecule has 112 valence electrons. The molecule has 1 amide bonds. The third-order valence-electron chi connectivity index (χ3n) is 2.53.